The van der Waals surface area contributed by atoms with Crippen molar-refractivity contribution in [2.45, 2.75) is 26.4 Å². The van der Waals surface area contributed by atoms with E-state index in [2.05, 4.69) is 34.7 Å². The van der Waals surface area contributed by atoms with Gasteiger partial charge in [-0.25, -0.2) is 8.78 Å². The molecule has 2 rings (SSSR count). The first-order chi connectivity index (χ1) is 10.3. The SMILES string of the molecule is C[C@@H]1C[C@@H](C)CN(C[C@@H](O)COc2c(F)cc(Br)cc2F)C1. The highest BCUT2D eigenvalue weighted by Gasteiger charge is 2.24. The number of piperidine rings is 1. The number of likely N-dealkylation sites (tertiary alicyclic amines) is 1. The second kappa shape index (κ2) is 7.70. The first-order valence-corrected chi connectivity index (χ1v) is 8.32. The smallest absolute Gasteiger partial charge is 0.190 e. The van der Waals surface area contributed by atoms with E-state index < -0.39 is 23.5 Å². The van der Waals surface area contributed by atoms with Crippen molar-refractivity contribution in [2.24, 2.45) is 11.8 Å². The molecule has 3 nitrogen and oxygen atoms in total. The van der Waals surface area contributed by atoms with Gasteiger partial charge in [0.15, 0.2) is 17.4 Å². The van der Waals surface area contributed by atoms with Gasteiger partial charge in [0.25, 0.3) is 0 Å². The fraction of sp³-hybridized carbons (Fsp3) is 0.625. The lowest BCUT2D eigenvalue weighted by atomic mass is 9.92. The van der Waals surface area contributed by atoms with Crippen molar-refractivity contribution in [3.63, 3.8) is 0 Å². The number of ether oxygens (including phenoxy) is 1. The third-order valence-electron chi connectivity index (χ3n) is 3.80. The van der Waals surface area contributed by atoms with E-state index in [-0.39, 0.29) is 6.61 Å². The molecule has 0 saturated carbocycles. The number of hydrogen-bond acceptors (Lipinski definition) is 3. The first kappa shape index (κ1) is 17.6. The Hall–Kier alpha value is -0.720. The molecule has 1 saturated heterocycles. The monoisotopic (exact) mass is 377 g/mol. The summed E-state index contributed by atoms with van der Waals surface area (Å²) in [5.41, 5.74) is 0. The maximum absolute atomic E-state index is 13.6. The van der Waals surface area contributed by atoms with Crippen LogP contribution in [0.5, 0.6) is 5.75 Å². The Bertz CT molecular complexity index is 482. The van der Waals surface area contributed by atoms with Crippen molar-refractivity contribution in [2.75, 3.05) is 26.2 Å². The van der Waals surface area contributed by atoms with E-state index in [4.69, 9.17) is 4.74 Å². The van der Waals surface area contributed by atoms with Gasteiger partial charge < -0.3 is 14.7 Å². The summed E-state index contributed by atoms with van der Waals surface area (Å²) < 4.78 is 32.7. The summed E-state index contributed by atoms with van der Waals surface area (Å²) in [6.45, 7) is 6.57. The lowest BCUT2D eigenvalue weighted by Gasteiger charge is -2.35. The summed E-state index contributed by atoms with van der Waals surface area (Å²) in [5.74, 6) is -0.808. The van der Waals surface area contributed by atoms with Gasteiger partial charge in [0.2, 0.25) is 0 Å². The van der Waals surface area contributed by atoms with E-state index in [1.165, 1.54) is 6.42 Å². The molecule has 0 unspecified atom stereocenters. The highest BCUT2D eigenvalue weighted by atomic mass is 79.9. The fourth-order valence-corrected chi connectivity index (χ4v) is 3.54. The number of nitrogens with zero attached hydrogens (tertiary/aromatic N) is 1. The Morgan fingerprint density at radius 3 is 2.36 bits per heavy atom. The maximum Gasteiger partial charge on any atom is 0.190 e. The summed E-state index contributed by atoms with van der Waals surface area (Å²) in [6, 6.07) is 2.28. The van der Waals surface area contributed by atoms with Crippen LogP contribution in [-0.2, 0) is 0 Å². The summed E-state index contributed by atoms with van der Waals surface area (Å²) in [7, 11) is 0. The van der Waals surface area contributed by atoms with E-state index in [1.807, 2.05) is 0 Å². The van der Waals surface area contributed by atoms with Gasteiger partial charge in [0, 0.05) is 24.1 Å². The van der Waals surface area contributed by atoms with Gasteiger partial charge in [-0.1, -0.05) is 29.8 Å². The van der Waals surface area contributed by atoms with Crippen LogP contribution in [0.1, 0.15) is 20.3 Å². The average molecular weight is 378 g/mol. The van der Waals surface area contributed by atoms with E-state index in [1.54, 1.807) is 0 Å². The Balaban J connectivity index is 1.86. The number of hydrogen-bond donors (Lipinski definition) is 1. The van der Waals surface area contributed by atoms with Gasteiger partial charge in [-0.05, 0) is 30.4 Å². The zero-order chi connectivity index (χ0) is 16.3. The van der Waals surface area contributed by atoms with Gasteiger partial charge in [-0.2, -0.15) is 0 Å². The molecule has 1 fully saturated rings. The van der Waals surface area contributed by atoms with Crippen molar-refractivity contribution >= 4 is 15.9 Å². The highest BCUT2D eigenvalue weighted by Crippen LogP contribution is 2.26. The molecule has 1 aliphatic heterocycles. The van der Waals surface area contributed by atoms with Crippen LogP contribution in [0, 0.1) is 23.5 Å². The Morgan fingerprint density at radius 2 is 1.82 bits per heavy atom. The van der Waals surface area contributed by atoms with Crippen LogP contribution in [0.2, 0.25) is 0 Å². The van der Waals surface area contributed by atoms with Crippen LogP contribution in [0.4, 0.5) is 8.78 Å². The Labute approximate surface area is 138 Å². The first-order valence-electron chi connectivity index (χ1n) is 7.53. The molecule has 22 heavy (non-hydrogen) atoms. The molecule has 0 radical (unpaired) electrons. The van der Waals surface area contributed by atoms with Crippen LogP contribution < -0.4 is 4.74 Å². The van der Waals surface area contributed by atoms with Crippen LogP contribution in [0.15, 0.2) is 16.6 Å². The average Bonchev–Trinajstić information content (AvgIpc) is 2.35. The third-order valence-corrected chi connectivity index (χ3v) is 4.25. The van der Waals surface area contributed by atoms with E-state index in [0.717, 1.165) is 25.2 Å². The Kier molecular flexibility index (Phi) is 6.17. The van der Waals surface area contributed by atoms with Gasteiger partial charge in [-0.3, -0.25) is 0 Å². The van der Waals surface area contributed by atoms with Crippen molar-refractivity contribution in [1.29, 1.82) is 0 Å². The standard InChI is InChI=1S/C16H22BrF2NO2/c1-10-3-11(2)7-20(6-10)8-13(21)9-22-16-14(18)4-12(17)5-15(16)19/h4-5,10-11,13,21H,3,6-9H2,1-2H3/t10-,11-,13-/m1/s1. The summed E-state index contributed by atoms with van der Waals surface area (Å²) >= 11 is 3.01. The zero-order valence-corrected chi connectivity index (χ0v) is 14.4. The van der Waals surface area contributed by atoms with Gasteiger partial charge in [-0.15, -0.1) is 0 Å². The molecule has 1 N–H and O–H groups in total. The molecule has 1 aliphatic rings. The number of rotatable bonds is 5. The van der Waals surface area contributed by atoms with Crippen LogP contribution in [0.3, 0.4) is 0 Å². The molecule has 1 heterocycles. The molecule has 0 spiro atoms. The fourth-order valence-electron chi connectivity index (χ4n) is 3.14. The van der Waals surface area contributed by atoms with Crippen molar-refractivity contribution in [3.05, 3.63) is 28.2 Å². The lowest BCUT2D eigenvalue weighted by Crippen LogP contribution is -2.44. The predicted molar refractivity (Wildman–Crippen MR) is 84.9 cm³/mol. The number of β-amino-alcohol motifs (C(OH)–C–C–N with tert-alkyl or cyclic N) is 1. The van der Waals surface area contributed by atoms with E-state index in [0.29, 0.717) is 22.9 Å². The second-order valence-corrected chi connectivity index (χ2v) is 7.24. The molecule has 124 valence electrons. The van der Waals surface area contributed by atoms with Gasteiger partial charge in [0.1, 0.15) is 12.7 Å². The van der Waals surface area contributed by atoms with Crippen LogP contribution in [0.25, 0.3) is 0 Å². The quantitative estimate of drug-likeness (QED) is 0.852. The minimum Gasteiger partial charge on any atom is -0.485 e. The summed E-state index contributed by atoms with van der Waals surface area (Å²) in [6.07, 6.45) is 0.415. The van der Waals surface area contributed by atoms with Crippen molar-refractivity contribution < 1.29 is 18.6 Å². The number of aliphatic hydroxyl groups is 1. The summed E-state index contributed by atoms with van der Waals surface area (Å²) in [4.78, 5) is 2.18. The van der Waals surface area contributed by atoms with Gasteiger partial charge >= 0.3 is 0 Å². The molecule has 1 aromatic rings. The number of halogens is 3. The molecular formula is C16H22BrF2NO2. The molecule has 0 bridgehead atoms. The minimum absolute atomic E-state index is 0.130. The Morgan fingerprint density at radius 1 is 1.27 bits per heavy atom. The van der Waals surface area contributed by atoms with Crippen molar-refractivity contribution in [1.82, 2.24) is 4.90 Å². The molecule has 3 atom stereocenters. The molecule has 1 aromatic carbocycles. The van der Waals surface area contributed by atoms with E-state index in [9.17, 15) is 13.9 Å². The van der Waals surface area contributed by atoms with E-state index >= 15 is 0 Å². The highest BCUT2D eigenvalue weighted by molar-refractivity contribution is 9.10. The largest absolute Gasteiger partial charge is 0.485 e. The topological polar surface area (TPSA) is 32.7 Å². The minimum atomic E-state index is -0.778. The zero-order valence-electron chi connectivity index (χ0n) is 12.9. The summed E-state index contributed by atoms with van der Waals surface area (Å²) in [5, 5.41) is 10.1. The number of aliphatic hydroxyl groups excluding tert-OH is 1. The normalized spacial score (nSPS) is 24.3. The number of benzene rings is 1. The van der Waals surface area contributed by atoms with Gasteiger partial charge in [0.05, 0.1) is 0 Å². The molecule has 6 heteroatoms. The van der Waals surface area contributed by atoms with Crippen LogP contribution in [-0.4, -0.2) is 42.4 Å². The molecule has 0 aliphatic carbocycles. The second-order valence-electron chi connectivity index (χ2n) is 6.33. The van der Waals surface area contributed by atoms with Crippen LogP contribution >= 0.6 is 15.9 Å². The lowest BCUT2D eigenvalue weighted by molar-refractivity contribution is 0.0410. The molecular weight excluding hydrogens is 356 g/mol. The molecule has 0 aromatic heterocycles. The maximum atomic E-state index is 13.6. The third kappa shape index (κ3) is 4.89. The predicted octanol–water partition coefficient (Wildman–Crippen LogP) is 3.44. The van der Waals surface area contributed by atoms with Crippen molar-refractivity contribution in [3.8, 4) is 5.75 Å². The molecule has 0 amide bonds.